The second kappa shape index (κ2) is 7.16. The number of halogens is 4. The fraction of sp³-hybridized carbons (Fsp3) is 0.0556. The minimum atomic E-state index is -5.00. The van der Waals surface area contributed by atoms with E-state index in [4.69, 9.17) is 16.6 Å². The van der Waals surface area contributed by atoms with Crippen LogP contribution in [0.4, 0.5) is 17.6 Å². The molecule has 29 heavy (non-hydrogen) atoms. The predicted octanol–water partition coefficient (Wildman–Crippen LogP) is 5.02. The summed E-state index contributed by atoms with van der Waals surface area (Å²) >= 11 is 6.02. The molecular formula is C18H8F4N2O3S2. The van der Waals surface area contributed by atoms with E-state index in [2.05, 4.69) is 15.0 Å². The van der Waals surface area contributed by atoms with Crippen molar-refractivity contribution < 1.29 is 31.5 Å². The van der Waals surface area contributed by atoms with Gasteiger partial charge in [0.1, 0.15) is 15.7 Å². The Balaban J connectivity index is 1.73. The van der Waals surface area contributed by atoms with Crippen molar-refractivity contribution in [2.24, 2.45) is 0 Å². The quantitative estimate of drug-likeness (QED) is 0.351. The van der Waals surface area contributed by atoms with Crippen LogP contribution < -0.4 is 10.1 Å². The van der Waals surface area contributed by atoms with Crippen LogP contribution in [-0.2, 0) is 4.79 Å². The van der Waals surface area contributed by atoms with E-state index in [1.807, 2.05) is 0 Å². The SMILES string of the molecule is O=C1NC(=S)SC1=Cc1cc2cncc(-c3ccc(OC(F)(F)F)c(F)c3)c2o1. The Morgan fingerprint density at radius 2 is 2.03 bits per heavy atom. The molecule has 1 aliphatic rings. The van der Waals surface area contributed by atoms with Crippen molar-refractivity contribution in [2.45, 2.75) is 6.36 Å². The average Bonchev–Trinajstić information content (AvgIpc) is 3.17. The molecule has 3 aromatic rings. The number of alkyl halides is 3. The van der Waals surface area contributed by atoms with Gasteiger partial charge in [-0.1, -0.05) is 30.0 Å². The molecule has 0 aliphatic carbocycles. The normalized spacial score (nSPS) is 15.9. The molecule has 0 radical (unpaired) electrons. The summed E-state index contributed by atoms with van der Waals surface area (Å²) in [7, 11) is 0. The zero-order valence-electron chi connectivity index (χ0n) is 14.0. The topological polar surface area (TPSA) is 64.4 Å². The van der Waals surface area contributed by atoms with Gasteiger partial charge in [-0.2, -0.15) is 0 Å². The van der Waals surface area contributed by atoms with Gasteiger partial charge in [-0.05, 0) is 23.8 Å². The van der Waals surface area contributed by atoms with Crippen LogP contribution in [0.3, 0.4) is 0 Å². The zero-order chi connectivity index (χ0) is 20.8. The number of carbonyl (C=O) groups excluding carboxylic acids is 1. The van der Waals surface area contributed by atoms with Gasteiger partial charge in [-0.25, -0.2) is 4.39 Å². The van der Waals surface area contributed by atoms with Gasteiger partial charge in [0.25, 0.3) is 5.91 Å². The third-order valence-electron chi connectivity index (χ3n) is 3.83. The largest absolute Gasteiger partial charge is 0.573 e. The first-order valence-corrected chi connectivity index (χ1v) is 9.10. The first kappa shape index (κ1) is 19.4. The Labute approximate surface area is 169 Å². The van der Waals surface area contributed by atoms with E-state index in [1.165, 1.54) is 24.5 Å². The predicted molar refractivity (Wildman–Crippen MR) is 102 cm³/mol. The van der Waals surface area contributed by atoms with Crippen molar-refractivity contribution in [3.8, 4) is 16.9 Å². The average molecular weight is 440 g/mol. The van der Waals surface area contributed by atoms with E-state index in [0.717, 1.165) is 23.9 Å². The lowest BCUT2D eigenvalue weighted by atomic mass is 10.1. The van der Waals surface area contributed by atoms with Crippen molar-refractivity contribution in [2.75, 3.05) is 0 Å². The van der Waals surface area contributed by atoms with Crippen LogP contribution in [0.25, 0.3) is 28.2 Å². The summed E-state index contributed by atoms with van der Waals surface area (Å²) in [5.41, 5.74) is 0.947. The van der Waals surface area contributed by atoms with E-state index >= 15 is 0 Å². The molecule has 1 aromatic carbocycles. The van der Waals surface area contributed by atoms with Gasteiger partial charge in [0, 0.05) is 29.4 Å². The summed E-state index contributed by atoms with van der Waals surface area (Å²) in [5.74, 6) is -2.13. The molecule has 5 nitrogen and oxygen atoms in total. The first-order valence-electron chi connectivity index (χ1n) is 7.88. The second-order valence-corrected chi connectivity index (χ2v) is 7.52. The maximum Gasteiger partial charge on any atom is 0.573 e. The maximum atomic E-state index is 14.1. The number of aromatic nitrogens is 1. The highest BCUT2D eigenvalue weighted by atomic mass is 32.2. The Kier molecular flexibility index (Phi) is 4.79. The molecule has 1 fully saturated rings. The molecule has 1 N–H and O–H groups in total. The van der Waals surface area contributed by atoms with Gasteiger partial charge in [-0.15, -0.1) is 13.2 Å². The van der Waals surface area contributed by atoms with Crippen molar-refractivity contribution in [1.29, 1.82) is 0 Å². The molecule has 11 heteroatoms. The van der Waals surface area contributed by atoms with Crippen molar-refractivity contribution in [1.82, 2.24) is 10.3 Å². The summed E-state index contributed by atoms with van der Waals surface area (Å²) in [6.07, 6.45) is -0.591. The molecule has 1 amide bonds. The summed E-state index contributed by atoms with van der Waals surface area (Å²) in [6, 6.07) is 4.67. The van der Waals surface area contributed by atoms with Crippen LogP contribution >= 0.6 is 24.0 Å². The number of amides is 1. The van der Waals surface area contributed by atoms with Crippen LogP contribution in [0, 0.1) is 5.82 Å². The van der Waals surface area contributed by atoms with Crippen LogP contribution in [0.1, 0.15) is 5.76 Å². The minimum Gasteiger partial charge on any atom is -0.456 e. The van der Waals surface area contributed by atoms with Gasteiger partial charge in [0.05, 0.1) is 4.91 Å². The Hall–Kier alpha value is -2.92. The molecular weight excluding hydrogens is 432 g/mol. The molecule has 3 heterocycles. The summed E-state index contributed by atoms with van der Waals surface area (Å²) in [4.78, 5) is 16.2. The molecule has 0 bridgehead atoms. The Morgan fingerprint density at radius 1 is 1.24 bits per heavy atom. The van der Waals surface area contributed by atoms with E-state index < -0.39 is 17.9 Å². The van der Waals surface area contributed by atoms with Gasteiger partial charge in [0.15, 0.2) is 11.6 Å². The highest BCUT2D eigenvalue weighted by Crippen LogP contribution is 2.35. The lowest BCUT2D eigenvalue weighted by Gasteiger charge is -2.10. The van der Waals surface area contributed by atoms with Crippen LogP contribution in [0.5, 0.6) is 5.75 Å². The lowest BCUT2D eigenvalue weighted by Crippen LogP contribution is -2.17. The third kappa shape index (κ3) is 4.10. The van der Waals surface area contributed by atoms with E-state index in [1.54, 1.807) is 6.07 Å². The molecule has 0 saturated carbocycles. The van der Waals surface area contributed by atoms with Gasteiger partial charge in [-0.3, -0.25) is 9.78 Å². The van der Waals surface area contributed by atoms with E-state index in [-0.39, 0.29) is 11.5 Å². The van der Waals surface area contributed by atoms with Crippen molar-refractivity contribution in [3.05, 3.63) is 53.1 Å². The molecule has 0 unspecified atom stereocenters. The fourth-order valence-corrected chi connectivity index (χ4v) is 3.71. The first-order chi connectivity index (χ1) is 13.7. The summed E-state index contributed by atoms with van der Waals surface area (Å²) in [6.45, 7) is 0. The molecule has 148 valence electrons. The highest BCUT2D eigenvalue weighted by Gasteiger charge is 2.32. The van der Waals surface area contributed by atoms with Crippen LogP contribution in [0.2, 0.25) is 0 Å². The summed E-state index contributed by atoms with van der Waals surface area (Å²) < 4.78 is 60.8. The monoisotopic (exact) mass is 440 g/mol. The number of thiocarbonyl (C=S) groups is 1. The van der Waals surface area contributed by atoms with Gasteiger partial charge < -0.3 is 14.5 Å². The summed E-state index contributed by atoms with van der Waals surface area (Å²) in [5, 5.41) is 3.05. The number of benzene rings is 1. The number of ether oxygens (including phenoxy) is 1. The zero-order valence-corrected chi connectivity index (χ0v) is 15.7. The van der Waals surface area contributed by atoms with Crippen LogP contribution in [-0.4, -0.2) is 21.6 Å². The van der Waals surface area contributed by atoms with E-state index in [0.29, 0.717) is 31.5 Å². The van der Waals surface area contributed by atoms with Crippen LogP contribution in [0.15, 0.2) is 46.0 Å². The van der Waals surface area contributed by atoms with Gasteiger partial charge >= 0.3 is 6.36 Å². The smallest absolute Gasteiger partial charge is 0.456 e. The number of pyridine rings is 1. The molecule has 0 atom stereocenters. The molecule has 0 spiro atoms. The Morgan fingerprint density at radius 3 is 2.69 bits per heavy atom. The number of nitrogens with zero attached hydrogens (tertiary/aromatic N) is 1. The molecule has 4 rings (SSSR count). The number of carbonyl (C=O) groups is 1. The lowest BCUT2D eigenvalue weighted by molar-refractivity contribution is -0.275. The molecule has 2 aromatic heterocycles. The highest BCUT2D eigenvalue weighted by molar-refractivity contribution is 8.26. The number of hydrogen-bond donors (Lipinski definition) is 1. The third-order valence-corrected chi connectivity index (χ3v) is 4.99. The number of thioether (sulfide) groups is 1. The number of hydrogen-bond acceptors (Lipinski definition) is 6. The number of fused-ring (bicyclic) bond motifs is 1. The van der Waals surface area contributed by atoms with Gasteiger partial charge in [0.2, 0.25) is 0 Å². The van der Waals surface area contributed by atoms with Crippen molar-refractivity contribution in [3.63, 3.8) is 0 Å². The Bertz CT molecular complexity index is 1190. The molecule has 1 aliphatic heterocycles. The standard InChI is InChI=1S/C18H8F4N2O3S2/c19-12-4-8(1-2-13(12)27-18(20,21)22)11-7-23-6-9-3-10(26-15(9)11)5-14-16(25)24-17(28)29-14/h1-7H,(H,24,25,28). The molecule has 1 saturated heterocycles. The second-order valence-electron chi connectivity index (χ2n) is 5.80. The van der Waals surface area contributed by atoms with E-state index in [9.17, 15) is 22.4 Å². The number of furan rings is 1. The van der Waals surface area contributed by atoms with Crippen molar-refractivity contribution >= 4 is 51.3 Å². The maximum absolute atomic E-state index is 14.1. The fourth-order valence-electron chi connectivity index (χ4n) is 2.68. The number of nitrogens with one attached hydrogen (secondary N) is 1. The number of rotatable bonds is 3. The minimum absolute atomic E-state index is 0.248.